The van der Waals surface area contributed by atoms with Gasteiger partial charge in [-0.05, 0) is 43.4 Å². The van der Waals surface area contributed by atoms with E-state index in [-0.39, 0.29) is 5.92 Å². The summed E-state index contributed by atoms with van der Waals surface area (Å²) in [5.41, 5.74) is 0. The zero-order chi connectivity index (χ0) is 14.0. The molecule has 0 aromatic heterocycles. The molecule has 2 aliphatic carbocycles. The highest BCUT2D eigenvalue weighted by Crippen LogP contribution is 2.38. The molecule has 3 nitrogen and oxygen atoms in total. The Morgan fingerprint density at radius 2 is 1.89 bits per heavy atom. The number of ether oxygens (including phenoxy) is 1. The average Bonchev–Trinajstić information content (AvgIpc) is 2.32. The van der Waals surface area contributed by atoms with Gasteiger partial charge in [0.15, 0.2) is 0 Å². The Hall–Kier alpha value is -0.570. The highest BCUT2D eigenvalue weighted by atomic mass is 16.5. The number of nitrogens with one attached hydrogen (secondary N) is 1. The van der Waals surface area contributed by atoms with Gasteiger partial charge in [-0.2, -0.15) is 0 Å². The predicted octanol–water partition coefficient (Wildman–Crippen LogP) is 2.99. The van der Waals surface area contributed by atoms with E-state index in [1.165, 1.54) is 12.8 Å². The molecule has 1 N–H and O–H groups in total. The second-order valence-electron chi connectivity index (χ2n) is 6.97. The van der Waals surface area contributed by atoms with Gasteiger partial charge >= 0.3 is 0 Å². The van der Waals surface area contributed by atoms with E-state index in [0.717, 1.165) is 19.3 Å². The van der Waals surface area contributed by atoms with Crippen LogP contribution in [-0.4, -0.2) is 25.2 Å². The van der Waals surface area contributed by atoms with Crippen molar-refractivity contribution in [1.29, 1.82) is 0 Å². The first-order chi connectivity index (χ1) is 9.01. The third kappa shape index (κ3) is 3.50. The summed E-state index contributed by atoms with van der Waals surface area (Å²) in [6, 6.07) is 0.350. The zero-order valence-corrected chi connectivity index (χ0v) is 12.8. The molecule has 0 unspecified atom stereocenters. The summed E-state index contributed by atoms with van der Waals surface area (Å²) < 4.78 is 5.27. The van der Waals surface area contributed by atoms with Gasteiger partial charge in [-0.15, -0.1) is 0 Å². The number of hydrogen-bond donors (Lipinski definition) is 1. The van der Waals surface area contributed by atoms with Crippen LogP contribution in [0.3, 0.4) is 0 Å². The van der Waals surface area contributed by atoms with Crippen LogP contribution in [0.4, 0.5) is 0 Å². The second-order valence-corrected chi connectivity index (χ2v) is 6.97. The Morgan fingerprint density at radius 1 is 1.21 bits per heavy atom. The van der Waals surface area contributed by atoms with E-state index in [4.69, 9.17) is 4.74 Å². The predicted molar refractivity (Wildman–Crippen MR) is 76.8 cm³/mol. The quantitative estimate of drug-likeness (QED) is 0.850. The first-order valence-corrected chi connectivity index (χ1v) is 7.84. The standard InChI is InChI=1S/C16H29NO2/c1-10(2)14-6-5-11(3)7-15(14)16(18)17-12-8-13(9-12)19-4/h10-15H,5-9H2,1-4H3,(H,17,18)/t11-,12?,13?,14+,15-/m1/s1. The Morgan fingerprint density at radius 3 is 2.47 bits per heavy atom. The summed E-state index contributed by atoms with van der Waals surface area (Å²) in [7, 11) is 1.75. The fourth-order valence-electron chi connectivity index (χ4n) is 3.69. The van der Waals surface area contributed by atoms with Crippen molar-refractivity contribution < 1.29 is 9.53 Å². The highest BCUT2D eigenvalue weighted by Gasteiger charge is 2.38. The van der Waals surface area contributed by atoms with Crippen molar-refractivity contribution in [2.24, 2.45) is 23.7 Å². The molecule has 0 spiro atoms. The van der Waals surface area contributed by atoms with Crippen LogP contribution in [0.1, 0.15) is 52.9 Å². The summed E-state index contributed by atoms with van der Waals surface area (Å²) in [6.07, 6.45) is 5.88. The van der Waals surface area contributed by atoms with Crippen molar-refractivity contribution in [2.75, 3.05) is 7.11 Å². The van der Waals surface area contributed by atoms with Crippen molar-refractivity contribution in [3.63, 3.8) is 0 Å². The Bertz CT molecular complexity index is 310. The molecule has 0 aromatic rings. The van der Waals surface area contributed by atoms with Crippen LogP contribution in [0.5, 0.6) is 0 Å². The van der Waals surface area contributed by atoms with Crippen LogP contribution in [-0.2, 0) is 9.53 Å². The van der Waals surface area contributed by atoms with Crippen LogP contribution >= 0.6 is 0 Å². The van der Waals surface area contributed by atoms with E-state index >= 15 is 0 Å². The third-order valence-corrected chi connectivity index (χ3v) is 5.13. The van der Waals surface area contributed by atoms with E-state index in [9.17, 15) is 4.79 Å². The second kappa shape index (κ2) is 6.25. The largest absolute Gasteiger partial charge is 0.381 e. The fourth-order valence-corrected chi connectivity index (χ4v) is 3.69. The van der Waals surface area contributed by atoms with Gasteiger partial charge in [-0.25, -0.2) is 0 Å². The Kier molecular flexibility index (Phi) is 4.88. The molecule has 0 aromatic carbocycles. The first-order valence-electron chi connectivity index (χ1n) is 7.84. The van der Waals surface area contributed by atoms with E-state index in [2.05, 4.69) is 26.1 Å². The fraction of sp³-hybridized carbons (Fsp3) is 0.938. The number of hydrogen-bond acceptors (Lipinski definition) is 2. The van der Waals surface area contributed by atoms with Crippen LogP contribution in [0.15, 0.2) is 0 Å². The molecule has 0 aliphatic heterocycles. The van der Waals surface area contributed by atoms with Crippen molar-refractivity contribution in [2.45, 2.75) is 65.0 Å². The molecule has 2 saturated carbocycles. The summed E-state index contributed by atoms with van der Waals surface area (Å²) in [5.74, 6) is 2.39. The van der Waals surface area contributed by atoms with Crippen molar-refractivity contribution in [3.8, 4) is 0 Å². The molecule has 0 saturated heterocycles. The first kappa shape index (κ1) is 14.8. The van der Waals surface area contributed by atoms with Gasteiger partial charge in [0, 0.05) is 19.1 Å². The molecule has 0 bridgehead atoms. The van der Waals surface area contributed by atoms with E-state index in [1.807, 2.05) is 0 Å². The molecule has 2 fully saturated rings. The molecule has 2 rings (SSSR count). The van der Waals surface area contributed by atoms with Crippen LogP contribution in [0.2, 0.25) is 0 Å². The lowest BCUT2D eigenvalue weighted by molar-refractivity contribution is -0.131. The van der Waals surface area contributed by atoms with Gasteiger partial charge in [0.25, 0.3) is 0 Å². The maximum Gasteiger partial charge on any atom is 0.223 e. The summed E-state index contributed by atoms with van der Waals surface area (Å²) in [6.45, 7) is 6.79. The number of amides is 1. The summed E-state index contributed by atoms with van der Waals surface area (Å²) in [4.78, 5) is 12.5. The van der Waals surface area contributed by atoms with Gasteiger partial charge in [-0.3, -0.25) is 4.79 Å². The minimum absolute atomic E-state index is 0.227. The molecule has 2 aliphatic rings. The van der Waals surface area contributed by atoms with E-state index in [1.54, 1.807) is 7.11 Å². The average molecular weight is 267 g/mol. The number of carbonyl (C=O) groups is 1. The highest BCUT2D eigenvalue weighted by molar-refractivity contribution is 5.79. The van der Waals surface area contributed by atoms with Crippen molar-refractivity contribution in [3.05, 3.63) is 0 Å². The van der Waals surface area contributed by atoms with Gasteiger partial charge in [-0.1, -0.05) is 27.2 Å². The molecule has 3 atom stereocenters. The smallest absolute Gasteiger partial charge is 0.223 e. The summed E-state index contributed by atoms with van der Waals surface area (Å²) in [5, 5.41) is 3.24. The topological polar surface area (TPSA) is 38.3 Å². The monoisotopic (exact) mass is 267 g/mol. The van der Waals surface area contributed by atoms with Gasteiger partial charge in [0.2, 0.25) is 5.91 Å². The molecule has 0 heterocycles. The molecule has 0 radical (unpaired) electrons. The molecule has 19 heavy (non-hydrogen) atoms. The van der Waals surface area contributed by atoms with Gasteiger partial charge in [0.05, 0.1) is 6.10 Å². The maximum atomic E-state index is 12.5. The lowest BCUT2D eigenvalue weighted by Crippen LogP contribution is -2.51. The Labute approximate surface area is 117 Å². The number of rotatable bonds is 4. The minimum atomic E-state index is 0.227. The summed E-state index contributed by atoms with van der Waals surface area (Å²) >= 11 is 0. The van der Waals surface area contributed by atoms with Gasteiger partial charge < -0.3 is 10.1 Å². The van der Waals surface area contributed by atoms with Crippen molar-refractivity contribution in [1.82, 2.24) is 5.32 Å². The molecular formula is C16H29NO2. The van der Waals surface area contributed by atoms with Crippen LogP contribution in [0, 0.1) is 23.7 Å². The SMILES string of the molecule is COC1CC(NC(=O)[C@@H]2C[C@H](C)CC[C@H]2C(C)C)C1. The zero-order valence-electron chi connectivity index (χ0n) is 12.8. The van der Waals surface area contributed by atoms with E-state index in [0.29, 0.717) is 35.8 Å². The lowest BCUT2D eigenvalue weighted by atomic mass is 9.69. The lowest BCUT2D eigenvalue weighted by Gasteiger charge is -2.40. The number of carbonyl (C=O) groups excluding carboxylic acids is 1. The number of methoxy groups -OCH3 is 1. The van der Waals surface area contributed by atoms with E-state index < -0.39 is 0 Å². The van der Waals surface area contributed by atoms with Crippen LogP contribution in [0.25, 0.3) is 0 Å². The normalized spacial score (nSPS) is 38.9. The van der Waals surface area contributed by atoms with Gasteiger partial charge in [0.1, 0.15) is 0 Å². The molecular weight excluding hydrogens is 238 g/mol. The molecule has 110 valence electrons. The minimum Gasteiger partial charge on any atom is -0.381 e. The third-order valence-electron chi connectivity index (χ3n) is 5.13. The molecule has 3 heteroatoms. The Balaban J connectivity index is 1.88. The molecule has 1 amide bonds. The van der Waals surface area contributed by atoms with Crippen LogP contribution < -0.4 is 5.32 Å². The van der Waals surface area contributed by atoms with Crippen molar-refractivity contribution >= 4 is 5.91 Å². The maximum absolute atomic E-state index is 12.5.